The predicted octanol–water partition coefficient (Wildman–Crippen LogP) is 1.75. The number of hydrogen-bond acceptors (Lipinski definition) is 3. The van der Waals surface area contributed by atoms with E-state index in [4.69, 9.17) is 22.2 Å². The van der Waals surface area contributed by atoms with E-state index in [0.717, 1.165) is 17.0 Å². The highest BCUT2D eigenvalue weighted by atomic mass is 35.5. The minimum Gasteiger partial charge on any atom is -0.380 e. The number of hydrazine groups is 1. The number of nitrogens with one attached hydrogen (secondary N) is 1. The third-order valence-electron chi connectivity index (χ3n) is 2.13. The van der Waals surface area contributed by atoms with Crippen LogP contribution < -0.4 is 11.3 Å². The number of hydrogen-bond donors (Lipinski definition) is 2. The molecule has 1 aromatic rings. The number of rotatable bonds is 6. The molecule has 1 rings (SSSR count). The van der Waals surface area contributed by atoms with E-state index < -0.39 is 0 Å². The fraction of sp³-hybridized carbons (Fsp3) is 0.455. The molecule has 0 radical (unpaired) electrons. The van der Waals surface area contributed by atoms with Gasteiger partial charge in [-0.25, -0.2) is 0 Å². The van der Waals surface area contributed by atoms with Crippen LogP contribution in [0.5, 0.6) is 0 Å². The molecule has 4 heteroatoms. The van der Waals surface area contributed by atoms with Gasteiger partial charge in [-0.15, -0.1) is 0 Å². The summed E-state index contributed by atoms with van der Waals surface area (Å²) >= 11 is 5.89. The predicted molar refractivity (Wildman–Crippen MR) is 62.8 cm³/mol. The summed E-state index contributed by atoms with van der Waals surface area (Å²) in [7, 11) is 0. The molecule has 0 aliphatic rings. The van der Waals surface area contributed by atoms with Crippen LogP contribution in [0.1, 0.15) is 12.5 Å². The van der Waals surface area contributed by atoms with Crippen molar-refractivity contribution in [1.82, 2.24) is 5.43 Å². The molecule has 0 aliphatic heterocycles. The van der Waals surface area contributed by atoms with E-state index in [1.807, 2.05) is 31.2 Å². The molecule has 0 aromatic heterocycles. The summed E-state index contributed by atoms with van der Waals surface area (Å²) in [6.45, 7) is 3.28. The summed E-state index contributed by atoms with van der Waals surface area (Å²) in [5, 5.41) is 0.750. The lowest BCUT2D eigenvalue weighted by Crippen LogP contribution is -2.40. The van der Waals surface area contributed by atoms with Crippen molar-refractivity contribution >= 4 is 11.6 Å². The average Bonchev–Trinajstić information content (AvgIpc) is 2.24. The highest BCUT2D eigenvalue weighted by Gasteiger charge is 2.07. The maximum absolute atomic E-state index is 5.89. The molecule has 0 saturated carbocycles. The van der Waals surface area contributed by atoms with Crippen LogP contribution in [0.4, 0.5) is 0 Å². The van der Waals surface area contributed by atoms with Gasteiger partial charge in [0.15, 0.2) is 0 Å². The molecule has 15 heavy (non-hydrogen) atoms. The Kier molecular flexibility index (Phi) is 5.65. The minimum absolute atomic E-state index is 0.128. The van der Waals surface area contributed by atoms with Gasteiger partial charge in [0.25, 0.3) is 0 Å². The van der Waals surface area contributed by atoms with E-state index in [1.54, 1.807) is 0 Å². The minimum atomic E-state index is 0.128. The van der Waals surface area contributed by atoms with Crippen LogP contribution in [0.2, 0.25) is 5.02 Å². The summed E-state index contributed by atoms with van der Waals surface area (Å²) in [6, 6.07) is 7.90. The third kappa shape index (κ3) is 4.62. The van der Waals surface area contributed by atoms with E-state index >= 15 is 0 Å². The summed E-state index contributed by atoms with van der Waals surface area (Å²) in [5.41, 5.74) is 3.89. The van der Waals surface area contributed by atoms with Gasteiger partial charge in [-0.2, -0.15) is 0 Å². The molecule has 0 fully saturated rings. The van der Waals surface area contributed by atoms with E-state index in [2.05, 4.69) is 5.43 Å². The zero-order chi connectivity index (χ0) is 11.1. The van der Waals surface area contributed by atoms with E-state index in [1.165, 1.54) is 0 Å². The normalized spacial score (nSPS) is 12.7. The van der Waals surface area contributed by atoms with Gasteiger partial charge < -0.3 is 4.74 Å². The first-order valence-corrected chi connectivity index (χ1v) is 5.42. The van der Waals surface area contributed by atoms with E-state index in [9.17, 15) is 0 Å². The van der Waals surface area contributed by atoms with Gasteiger partial charge in [0.1, 0.15) is 0 Å². The molecule has 1 aromatic carbocycles. The van der Waals surface area contributed by atoms with Crippen LogP contribution in [0.3, 0.4) is 0 Å². The van der Waals surface area contributed by atoms with Gasteiger partial charge in [-0.05, 0) is 31.0 Å². The molecular formula is C11H17ClN2O. The Labute approximate surface area is 95.5 Å². The quantitative estimate of drug-likeness (QED) is 0.576. The maximum Gasteiger partial charge on any atom is 0.0636 e. The Balaban J connectivity index is 2.50. The standard InChI is InChI=1S/C11H17ClN2O/c1-2-15-8-11(14-13)7-9-4-3-5-10(12)6-9/h3-6,11,14H,2,7-8,13H2,1H3. The van der Waals surface area contributed by atoms with Crippen LogP contribution in [0, 0.1) is 0 Å². The SMILES string of the molecule is CCOCC(Cc1cccc(Cl)c1)NN. The smallest absolute Gasteiger partial charge is 0.0636 e. The third-order valence-corrected chi connectivity index (χ3v) is 2.37. The van der Waals surface area contributed by atoms with Crippen LogP contribution in [-0.4, -0.2) is 19.3 Å². The second-order valence-corrected chi connectivity index (χ2v) is 3.79. The van der Waals surface area contributed by atoms with E-state index in [-0.39, 0.29) is 6.04 Å². The first kappa shape index (κ1) is 12.5. The Bertz CT molecular complexity index is 294. The molecular weight excluding hydrogens is 212 g/mol. The number of nitrogens with two attached hydrogens (primary N) is 1. The summed E-state index contributed by atoms with van der Waals surface area (Å²) < 4.78 is 5.31. The monoisotopic (exact) mass is 228 g/mol. The molecule has 0 saturated heterocycles. The summed E-state index contributed by atoms with van der Waals surface area (Å²) in [4.78, 5) is 0. The first-order chi connectivity index (χ1) is 7.26. The van der Waals surface area contributed by atoms with Crippen molar-refractivity contribution in [2.75, 3.05) is 13.2 Å². The van der Waals surface area contributed by atoms with Gasteiger partial charge in [0.2, 0.25) is 0 Å². The van der Waals surface area contributed by atoms with Gasteiger partial charge in [-0.1, -0.05) is 23.7 Å². The van der Waals surface area contributed by atoms with Crippen LogP contribution in [-0.2, 0) is 11.2 Å². The molecule has 84 valence electrons. The second kappa shape index (κ2) is 6.80. The molecule has 3 nitrogen and oxygen atoms in total. The number of benzene rings is 1. The lowest BCUT2D eigenvalue weighted by molar-refractivity contribution is 0.123. The molecule has 0 heterocycles. The highest BCUT2D eigenvalue weighted by molar-refractivity contribution is 6.30. The molecule has 0 aliphatic carbocycles. The molecule has 1 atom stereocenters. The van der Waals surface area contributed by atoms with Crippen molar-refractivity contribution < 1.29 is 4.74 Å². The van der Waals surface area contributed by atoms with E-state index in [0.29, 0.717) is 13.2 Å². The maximum atomic E-state index is 5.89. The van der Waals surface area contributed by atoms with Crippen molar-refractivity contribution in [1.29, 1.82) is 0 Å². The largest absolute Gasteiger partial charge is 0.380 e. The summed E-state index contributed by atoms with van der Waals surface area (Å²) in [5.74, 6) is 5.44. The molecule has 0 amide bonds. The van der Waals surface area contributed by atoms with Crippen LogP contribution in [0.15, 0.2) is 24.3 Å². The lowest BCUT2D eigenvalue weighted by Gasteiger charge is -2.15. The lowest BCUT2D eigenvalue weighted by atomic mass is 10.1. The molecule has 0 bridgehead atoms. The molecule has 1 unspecified atom stereocenters. The van der Waals surface area contributed by atoms with Crippen molar-refractivity contribution in [3.63, 3.8) is 0 Å². The fourth-order valence-electron chi connectivity index (χ4n) is 1.37. The van der Waals surface area contributed by atoms with Crippen LogP contribution in [0.25, 0.3) is 0 Å². The fourth-order valence-corrected chi connectivity index (χ4v) is 1.59. The van der Waals surface area contributed by atoms with Crippen molar-refractivity contribution in [3.8, 4) is 0 Å². The zero-order valence-electron chi connectivity index (χ0n) is 8.87. The highest BCUT2D eigenvalue weighted by Crippen LogP contribution is 2.12. The summed E-state index contributed by atoms with van der Waals surface area (Å²) in [6.07, 6.45) is 0.817. The van der Waals surface area contributed by atoms with Crippen molar-refractivity contribution in [3.05, 3.63) is 34.9 Å². The Morgan fingerprint density at radius 2 is 2.33 bits per heavy atom. The first-order valence-electron chi connectivity index (χ1n) is 5.04. The average molecular weight is 229 g/mol. The number of halogens is 1. The zero-order valence-corrected chi connectivity index (χ0v) is 9.63. The Morgan fingerprint density at radius 1 is 1.53 bits per heavy atom. The van der Waals surface area contributed by atoms with Crippen molar-refractivity contribution in [2.24, 2.45) is 5.84 Å². The van der Waals surface area contributed by atoms with Gasteiger partial charge >= 0.3 is 0 Å². The van der Waals surface area contributed by atoms with Gasteiger partial charge in [-0.3, -0.25) is 11.3 Å². The Morgan fingerprint density at radius 3 is 2.93 bits per heavy atom. The number of ether oxygens (including phenoxy) is 1. The molecule has 3 N–H and O–H groups in total. The topological polar surface area (TPSA) is 47.3 Å². The van der Waals surface area contributed by atoms with Crippen molar-refractivity contribution in [2.45, 2.75) is 19.4 Å². The second-order valence-electron chi connectivity index (χ2n) is 3.36. The van der Waals surface area contributed by atoms with Gasteiger partial charge in [0.05, 0.1) is 6.61 Å². The Hall–Kier alpha value is -0.610. The van der Waals surface area contributed by atoms with Gasteiger partial charge in [0, 0.05) is 17.7 Å². The van der Waals surface area contributed by atoms with Crippen LogP contribution >= 0.6 is 11.6 Å². The molecule has 0 spiro atoms.